The summed E-state index contributed by atoms with van der Waals surface area (Å²) >= 11 is 0. The molecule has 0 unspecified atom stereocenters. The molecule has 15 heavy (non-hydrogen) atoms. The zero-order valence-corrected chi connectivity index (χ0v) is 9.84. The van der Waals surface area contributed by atoms with E-state index in [2.05, 4.69) is 37.4 Å². The Labute approximate surface area is 92.9 Å². The van der Waals surface area contributed by atoms with Crippen molar-refractivity contribution in [1.29, 1.82) is 0 Å². The first-order valence-corrected chi connectivity index (χ1v) is 6.18. The fraction of sp³-hybridized carbons (Fsp3) is 0.571. The minimum Gasteiger partial charge on any atom is -0.310 e. The Balaban J connectivity index is 2.12. The highest BCUT2D eigenvalue weighted by Gasteiger charge is 2.20. The van der Waals surface area contributed by atoms with Crippen LogP contribution in [0.25, 0.3) is 0 Å². The van der Waals surface area contributed by atoms with Crippen molar-refractivity contribution in [2.24, 2.45) is 0 Å². The maximum atomic E-state index is 3.60. The Bertz CT molecular complexity index is 326. The van der Waals surface area contributed by atoms with Gasteiger partial charge in [-0.3, -0.25) is 0 Å². The van der Waals surface area contributed by atoms with Crippen LogP contribution in [0.3, 0.4) is 0 Å². The fourth-order valence-electron chi connectivity index (χ4n) is 2.18. The van der Waals surface area contributed by atoms with Crippen molar-refractivity contribution in [3.63, 3.8) is 0 Å². The maximum Gasteiger partial charge on any atom is 0.0210 e. The fourth-order valence-corrected chi connectivity index (χ4v) is 2.18. The quantitative estimate of drug-likeness (QED) is 0.775. The lowest BCUT2D eigenvalue weighted by Gasteiger charge is -2.12. The van der Waals surface area contributed by atoms with Gasteiger partial charge in [-0.05, 0) is 42.4 Å². The molecule has 0 aliphatic heterocycles. The van der Waals surface area contributed by atoms with Crippen LogP contribution in [0.4, 0.5) is 0 Å². The lowest BCUT2D eigenvalue weighted by Crippen LogP contribution is -2.16. The molecule has 82 valence electrons. The first-order valence-electron chi connectivity index (χ1n) is 6.18. The number of aryl methyl sites for hydroxylation is 1. The predicted molar refractivity (Wildman–Crippen MR) is 65.1 cm³/mol. The third kappa shape index (κ3) is 2.60. The standard InChI is InChI=1S/C14H21N/c1-3-11-6-5-7-12(14(11)4-2)10-15-13-8-9-13/h5-7,13,15H,3-4,8-10H2,1-2H3. The van der Waals surface area contributed by atoms with Crippen molar-refractivity contribution in [2.45, 2.75) is 52.1 Å². The summed E-state index contributed by atoms with van der Waals surface area (Å²) in [7, 11) is 0. The lowest BCUT2D eigenvalue weighted by molar-refractivity contribution is 0.681. The van der Waals surface area contributed by atoms with Crippen LogP contribution in [0.15, 0.2) is 18.2 Å². The van der Waals surface area contributed by atoms with Crippen molar-refractivity contribution < 1.29 is 0 Å². The molecule has 1 N–H and O–H groups in total. The average molecular weight is 203 g/mol. The highest BCUT2D eigenvalue weighted by atomic mass is 14.9. The van der Waals surface area contributed by atoms with Crippen LogP contribution in [-0.2, 0) is 19.4 Å². The summed E-state index contributed by atoms with van der Waals surface area (Å²) < 4.78 is 0. The first-order chi connectivity index (χ1) is 7.35. The van der Waals surface area contributed by atoms with Crippen LogP contribution in [0.5, 0.6) is 0 Å². The van der Waals surface area contributed by atoms with Crippen molar-refractivity contribution in [2.75, 3.05) is 0 Å². The van der Waals surface area contributed by atoms with E-state index < -0.39 is 0 Å². The van der Waals surface area contributed by atoms with Gasteiger partial charge in [0.1, 0.15) is 0 Å². The van der Waals surface area contributed by atoms with E-state index in [1.807, 2.05) is 0 Å². The molecular formula is C14H21N. The molecule has 1 aliphatic carbocycles. The predicted octanol–water partition coefficient (Wildman–Crippen LogP) is 3.06. The number of hydrogen-bond donors (Lipinski definition) is 1. The van der Waals surface area contributed by atoms with E-state index in [1.54, 1.807) is 5.56 Å². The second-order valence-electron chi connectivity index (χ2n) is 4.42. The molecule has 0 bridgehead atoms. The van der Waals surface area contributed by atoms with Crippen LogP contribution in [0, 0.1) is 0 Å². The van der Waals surface area contributed by atoms with Gasteiger partial charge in [-0.2, -0.15) is 0 Å². The molecule has 0 atom stereocenters. The van der Waals surface area contributed by atoms with Gasteiger partial charge in [-0.1, -0.05) is 32.0 Å². The van der Waals surface area contributed by atoms with E-state index >= 15 is 0 Å². The van der Waals surface area contributed by atoms with Crippen LogP contribution < -0.4 is 5.32 Å². The molecule has 1 saturated carbocycles. The summed E-state index contributed by atoms with van der Waals surface area (Å²) in [4.78, 5) is 0. The van der Waals surface area contributed by atoms with Crippen LogP contribution >= 0.6 is 0 Å². The van der Waals surface area contributed by atoms with Crippen LogP contribution in [0.2, 0.25) is 0 Å². The normalized spacial score (nSPS) is 15.6. The minimum absolute atomic E-state index is 0.806. The van der Waals surface area contributed by atoms with E-state index in [9.17, 15) is 0 Å². The average Bonchev–Trinajstić information content (AvgIpc) is 3.09. The Morgan fingerprint density at radius 1 is 1.13 bits per heavy atom. The SMILES string of the molecule is CCc1cccc(CNC2CC2)c1CC. The molecule has 0 aromatic heterocycles. The number of rotatable bonds is 5. The number of hydrogen-bond acceptors (Lipinski definition) is 1. The summed E-state index contributed by atoms with van der Waals surface area (Å²) in [6, 6.07) is 7.54. The van der Waals surface area contributed by atoms with Gasteiger partial charge >= 0.3 is 0 Å². The van der Waals surface area contributed by atoms with Gasteiger partial charge in [-0.15, -0.1) is 0 Å². The molecule has 1 heteroatoms. The molecule has 1 aromatic rings. The van der Waals surface area contributed by atoms with Gasteiger partial charge < -0.3 is 5.32 Å². The van der Waals surface area contributed by atoms with Gasteiger partial charge in [0.05, 0.1) is 0 Å². The first kappa shape index (κ1) is 10.7. The summed E-state index contributed by atoms with van der Waals surface area (Å²) in [5.74, 6) is 0. The summed E-state index contributed by atoms with van der Waals surface area (Å²) in [5, 5.41) is 3.60. The topological polar surface area (TPSA) is 12.0 Å². The Kier molecular flexibility index (Phi) is 3.42. The van der Waals surface area contributed by atoms with Gasteiger partial charge in [0.15, 0.2) is 0 Å². The number of benzene rings is 1. The van der Waals surface area contributed by atoms with Gasteiger partial charge in [-0.25, -0.2) is 0 Å². The Hall–Kier alpha value is -0.820. The molecule has 2 rings (SSSR count). The summed E-state index contributed by atoms with van der Waals surface area (Å²) in [6.45, 7) is 5.56. The number of nitrogens with one attached hydrogen (secondary N) is 1. The van der Waals surface area contributed by atoms with E-state index in [0.717, 1.165) is 25.4 Å². The van der Waals surface area contributed by atoms with Gasteiger partial charge in [0, 0.05) is 12.6 Å². The zero-order valence-electron chi connectivity index (χ0n) is 9.84. The van der Waals surface area contributed by atoms with E-state index in [4.69, 9.17) is 0 Å². The molecule has 0 spiro atoms. The van der Waals surface area contributed by atoms with Crippen LogP contribution in [-0.4, -0.2) is 6.04 Å². The highest BCUT2D eigenvalue weighted by Crippen LogP contribution is 2.21. The highest BCUT2D eigenvalue weighted by molar-refractivity contribution is 5.35. The molecule has 1 nitrogen and oxygen atoms in total. The molecule has 1 fully saturated rings. The third-order valence-corrected chi connectivity index (χ3v) is 3.26. The molecule has 0 heterocycles. The monoisotopic (exact) mass is 203 g/mol. The maximum absolute atomic E-state index is 3.60. The summed E-state index contributed by atoms with van der Waals surface area (Å²) in [6.07, 6.45) is 5.05. The largest absolute Gasteiger partial charge is 0.310 e. The van der Waals surface area contributed by atoms with Crippen molar-refractivity contribution in [3.8, 4) is 0 Å². The molecule has 1 aliphatic rings. The van der Waals surface area contributed by atoms with Crippen LogP contribution in [0.1, 0.15) is 43.4 Å². The van der Waals surface area contributed by atoms with Crippen molar-refractivity contribution in [1.82, 2.24) is 5.32 Å². The Morgan fingerprint density at radius 3 is 2.47 bits per heavy atom. The van der Waals surface area contributed by atoms with Crippen molar-refractivity contribution in [3.05, 3.63) is 34.9 Å². The molecule has 0 saturated heterocycles. The van der Waals surface area contributed by atoms with E-state index in [1.165, 1.54) is 24.0 Å². The molecule has 0 radical (unpaired) electrons. The molecule has 0 amide bonds. The molecule has 1 aromatic carbocycles. The van der Waals surface area contributed by atoms with Gasteiger partial charge in [0.25, 0.3) is 0 Å². The van der Waals surface area contributed by atoms with Crippen molar-refractivity contribution >= 4 is 0 Å². The second kappa shape index (κ2) is 4.80. The lowest BCUT2D eigenvalue weighted by atomic mass is 9.97. The minimum atomic E-state index is 0.806. The van der Waals surface area contributed by atoms with E-state index in [0.29, 0.717) is 0 Å². The Morgan fingerprint density at radius 2 is 1.87 bits per heavy atom. The third-order valence-electron chi connectivity index (χ3n) is 3.26. The molecular weight excluding hydrogens is 182 g/mol. The van der Waals surface area contributed by atoms with E-state index in [-0.39, 0.29) is 0 Å². The van der Waals surface area contributed by atoms with Gasteiger partial charge in [0.2, 0.25) is 0 Å². The smallest absolute Gasteiger partial charge is 0.0210 e. The summed E-state index contributed by atoms with van der Waals surface area (Å²) in [5.41, 5.74) is 4.59. The zero-order chi connectivity index (χ0) is 10.7. The second-order valence-corrected chi connectivity index (χ2v) is 4.42.